The highest BCUT2D eigenvalue weighted by atomic mass is 16.6. The highest BCUT2D eigenvalue weighted by Gasteiger charge is 2.36. The fourth-order valence-electron chi connectivity index (χ4n) is 3.91. The van der Waals surface area contributed by atoms with Crippen LogP contribution in [0.15, 0.2) is 36.5 Å². The van der Waals surface area contributed by atoms with Crippen LogP contribution >= 0.6 is 0 Å². The molecule has 1 aromatic carbocycles. The first-order chi connectivity index (χ1) is 14.8. The van der Waals surface area contributed by atoms with Crippen LogP contribution in [0.25, 0.3) is 0 Å². The standard InChI is InChI=1S/C24H28N2O5/c1-24(2,3)31-23(28)26-10-9-21(27)18(12-26)17-11-25-22(20-15-29-14-19(17)20)30-13-16-7-5-4-6-8-16/h4-8,11,18H,9-10,12-15H2,1-3H3. The number of hydrogen-bond acceptors (Lipinski definition) is 6. The molecule has 7 nitrogen and oxygen atoms in total. The van der Waals surface area contributed by atoms with Crippen molar-refractivity contribution in [2.24, 2.45) is 0 Å². The zero-order valence-electron chi connectivity index (χ0n) is 18.2. The number of ketones is 1. The monoisotopic (exact) mass is 424 g/mol. The van der Waals surface area contributed by atoms with Gasteiger partial charge in [-0.05, 0) is 37.5 Å². The maximum atomic E-state index is 12.8. The van der Waals surface area contributed by atoms with Gasteiger partial charge >= 0.3 is 6.09 Å². The number of nitrogens with zero attached hydrogens (tertiary/aromatic N) is 2. The van der Waals surface area contributed by atoms with E-state index in [4.69, 9.17) is 14.2 Å². The maximum Gasteiger partial charge on any atom is 0.410 e. The van der Waals surface area contributed by atoms with E-state index in [0.717, 1.165) is 22.3 Å². The Morgan fingerprint density at radius 1 is 1.19 bits per heavy atom. The number of aromatic nitrogens is 1. The molecule has 1 amide bonds. The van der Waals surface area contributed by atoms with E-state index in [2.05, 4.69) is 4.98 Å². The van der Waals surface area contributed by atoms with Crippen LogP contribution < -0.4 is 4.74 Å². The number of likely N-dealkylation sites (tertiary alicyclic amines) is 1. The summed E-state index contributed by atoms with van der Waals surface area (Å²) in [5.41, 5.74) is 3.12. The summed E-state index contributed by atoms with van der Waals surface area (Å²) in [4.78, 5) is 31.4. The predicted octanol–water partition coefficient (Wildman–Crippen LogP) is 3.98. The minimum Gasteiger partial charge on any atom is -0.473 e. The lowest BCUT2D eigenvalue weighted by Crippen LogP contribution is -2.45. The van der Waals surface area contributed by atoms with E-state index < -0.39 is 17.6 Å². The Hall–Kier alpha value is -2.93. The number of pyridine rings is 1. The number of piperidine rings is 1. The largest absolute Gasteiger partial charge is 0.473 e. The van der Waals surface area contributed by atoms with Gasteiger partial charge in [0.25, 0.3) is 0 Å². The Balaban J connectivity index is 1.54. The van der Waals surface area contributed by atoms with Crippen molar-refractivity contribution in [3.05, 3.63) is 58.8 Å². The maximum absolute atomic E-state index is 12.8. The highest BCUT2D eigenvalue weighted by Crippen LogP contribution is 2.36. The molecule has 0 bridgehead atoms. The predicted molar refractivity (Wildman–Crippen MR) is 114 cm³/mol. The summed E-state index contributed by atoms with van der Waals surface area (Å²) >= 11 is 0. The van der Waals surface area contributed by atoms with Crippen LogP contribution in [0.3, 0.4) is 0 Å². The lowest BCUT2D eigenvalue weighted by atomic mass is 9.87. The van der Waals surface area contributed by atoms with Gasteiger partial charge in [0.05, 0.1) is 19.1 Å². The Kier molecular flexibility index (Phi) is 5.96. The normalized spacial score (nSPS) is 18.6. The van der Waals surface area contributed by atoms with Crippen LogP contribution in [0.1, 0.15) is 55.4 Å². The molecule has 0 radical (unpaired) electrons. The summed E-state index contributed by atoms with van der Waals surface area (Å²) < 4.78 is 17.1. The lowest BCUT2D eigenvalue weighted by Gasteiger charge is -2.34. The van der Waals surface area contributed by atoms with Gasteiger partial charge in [-0.1, -0.05) is 30.3 Å². The van der Waals surface area contributed by atoms with E-state index in [-0.39, 0.29) is 12.3 Å². The van der Waals surface area contributed by atoms with Crippen molar-refractivity contribution >= 4 is 11.9 Å². The Labute approximate surface area is 182 Å². The Morgan fingerprint density at radius 2 is 1.94 bits per heavy atom. The number of rotatable bonds is 4. The van der Waals surface area contributed by atoms with Gasteiger partial charge in [0.1, 0.15) is 18.0 Å². The van der Waals surface area contributed by atoms with Gasteiger partial charge in [0, 0.05) is 31.3 Å². The second-order valence-electron chi connectivity index (χ2n) is 8.94. The molecule has 1 fully saturated rings. The molecule has 1 saturated heterocycles. The van der Waals surface area contributed by atoms with Crippen molar-refractivity contribution in [3.63, 3.8) is 0 Å². The molecule has 0 saturated carbocycles. The fraction of sp³-hybridized carbons (Fsp3) is 0.458. The minimum absolute atomic E-state index is 0.105. The molecule has 2 aliphatic heterocycles. The van der Waals surface area contributed by atoms with Gasteiger partial charge in [-0.15, -0.1) is 0 Å². The zero-order valence-corrected chi connectivity index (χ0v) is 18.2. The second kappa shape index (κ2) is 8.67. The number of benzene rings is 1. The van der Waals surface area contributed by atoms with E-state index in [1.165, 1.54) is 0 Å². The van der Waals surface area contributed by atoms with Crippen molar-refractivity contribution in [1.82, 2.24) is 9.88 Å². The SMILES string of the molecule is CC(C)(C)OC(=O)N1CCC(=O)C(c2cnc(OCc3ccccc3)c3c2COC3)C1. The highest BCUT2D eigenvalue weighted by molar-refractivity contribution is 5.88. The van der Waals surface area contributed by atoms with Crippen molar-refractivity contribution in [3.8, 4) is 5.88 Å². The van der Waals surface area contributed by atoms with Crippen LogP contribution in [-0.4, -0.2) is 40.5 Å². The van der Waals surface area contributed by atoms with Gasteiger partial charge < -0.3 is 19.1 Å². The number of Topliss-reactive ketones (excluding diaryl/α,β-unsaturated/α-hetero) is 1. The topological polar surface area (TPSA) is 78.0 Å². The molecule has 1 aromatic heterocycles. The molecule has 0 aliphatic carbocycles. The Morgan fingerprint density at radius 3 is 2.68 bits per heavy atom. The van der Waals surface area contributed by atoms with Crippen LogP contribution in [0.5, 0.6) is 5.88 Å². The molecule has 0 spiro atoms. The first-order valence-corrected chi connectivity index (χ1v) is 10.6. The third-order valence-corrected chi connectivity index (χ3v) is 5.45. The number of carbonyl (C=O) groups is 2. The number of amides is 1. The molecule has 1 unspecified atom stereocenters. The molecule has 2 aromatic rings. The number of hydrogen-bond donors (Lipinski definition) is 0. The average Bonchev–Trinajstić information content (AvgIpc) is 3.22. The number of ether oxygens (including phenoxy) is 3. The first kappa shape index (κ1) is 21.3. The summed E-state index contributed by atoms with van der Waals surface area (Å²) in [5, 5.41) is 0. The summed E-state index contributed by atoms with van der Waals surface area (Å²) in [6.45, 7) is 7.37. The number of fused-ring (bicyclic) bond motifs is 1. The van der Waals surface area contributed by atoms with Crippen LogP contribution in [-0.2, 0) is 34.1 Å². The van der Waals surface area contributed by atoms with E-state index in [0.29, 0.717) is 38.7 Å². The molecule has 4 rings (SSSR count). The van der Waals surface area contributed by atoms with Gasteiger partial charge in [-0.2, -0.15) is 0 Å². The molecular formula is C24H28N2O5. The first-order valence-electron chi connectivity index (χ1n) is 10.6. The molecule has 2 aliphatic rings. The molecule has 0 N–H and O–H groups in total. The Bertz CT molecular complexity index is 968. The van der Waals surface area contributed by atoms with Gasteiger partial charge in [-0.25, -0.2) is 9.78 Å². The van der Waals surface area contributed by atoms with Crippen molar-refractivity contribution < 1.29 is 23.8 Å². The molecule has 7 heteroatoms. The quantitative estimate of drug-likeness (QED) is 0.739. The fourth-order valence-corrected chi connectivity index (χ4v) is 3.91. The van der Waals surface area contributed by atoms with Crippen molar-refractivity contribution in [1.29, 1.82) is 0 Å². The van der Waals surface area contributed by atoms with Crippen molar-refractivity contribution in [2.45, 2.75) is 58.5 Å². The molecule has 3 heterocycles. The van der Waals surface area contributed by atoms with Gasteiger partial charge in [0.15, 0.2) is 0 Å². The second-order valence-corrected chi connectivity index (χ2v) is 8.94. The summed E-state index contributed by atoms with van der Waals surface area (Å²) in [6.07, 6.45) is 1.61. The van der Waals surface area contributed by atoms with E-state index in [1.807, 2.05) is 51.1 Å². The smallest absolute Gasteiger partial charge is 0.410 e. The van der Waals surface area contributed by atoms with Crippen LogP contribution in [0.2, 0.25) is 0 Å². The van der Waals surface area contributed by atoms with Crippen molar-refractivity contribution in [2.75, 3.05) is 13.1 Å². The molecular weight excluding hydrogens is 396 g/mol. The van der Waals surface area contributed by atoms with Gasteiger partial charge in [-0.3, -0.25) is 4.79 Å². The lowest BCUT2D eigenvalue weighted by molar-refractivity contribution is -0.123. The van der Waals surface area contributed by atoms with Crippen LogP contribution in [0.4, 0.5) is 4.79 Å². The molecule has 1 atom stereocenters. The minimum atomic E-state index is -0.581. The summed E-state index contributed by atoms with van der Waals surface area (Å²) in [5.74, 6) is 0.202. The summed E-state index contributed by atoms with van der Waals surface area (Å²) in [6, 6.07) is 9.89. The van der Waals surface area contributed by atoms with E-state index >= 15 is 0 Å². The van der Waals surface area contributed by atoms with E-state index in [9.17, 15) is 9.59 Å². The molecule has 31 heavy (non-hydrogen) atoms. The molecule has 164 valence electrons. The number of carbonyl (C=O) groups excluding carboxylic acids is 2. The summed E-state index contributed by atoms with van der Waals surface area (Å²) in [7, 11) is 0. The van der Waals surface area contributed by atoms with Crippen LogP contribution in [0, 0.1) is 0 Å². The third-order valence-electron chi connectivity index (χ3n) is 5.45. The zero-order chi connectivity index (χ0) is 22.0. The average molecular weight is 424 g/mol. The van der Waals surface area contributed by atoms with E-state index in [1.54, 1.807) is 11.1 Å². The van der Waals surface area contributed by atoms with Gasteiger partial charge in [0.2, 0.25) is 5.88 Å². The third kappa shape index (κ3) is 4.88.